The zero-order valence-electron chi connectivity index (χ0n) is 15.9. The fraction of sp³-hybridized carbons (Fsp3) is 0.333. The molecule has 0 spiro atoms. The molecule has 0 unspecified atom stereocenters. The van der Waals surface area contributed by atoms with Gasteiger partial charge in [-0.05, 0) is 42.0 Å². The van der Waals surface area contributed by atoms with Crippen LogP contribution in [0.3, 0.4) is 0 Å². The summed E-state index contributed by atoms with van der Waals surface area (Å²) in [5, 5.41) is 2.85. The van der Waals surface area contributed by atoms with Crippen molar-refractivity contribution in [2.24, 2.45) is 0 Å². The van der Waals surface area contributed by atoms with E-state index < -0.39 is 0 Å². The average Bonchev–Trinajstić information content (AvgIpc) is 2.71. The Bertz CT molecular complexity index is 803. The molecule has 0 aromatic heterocycles. The Morgan fingerprint density at radius 1 is 1.07 bits per heavy atom. The molecule has 6 nitrogen and oxygen atoms in total. The lowest BCUT2D eigenvalue weighted by Gasteiger charge is -2.28. The molecule has 0 aliphatic carbocycles. The number of ether oxygens (including phenoxy) is 1. The second-order valence-corrected chi connectivity index (χ2v) is 7.66. The van der Waals surface area contributed by atoms with Crippen molar-refractivity contribution < 1.29 is 14.3 Å². The van der Waals surface area contributed by atoms with Crippen molar-refractivity contribution in [3.63, 3.8) is 0 Å². The molecule has 2 amide bonds. The molecule has 2 aromatic carbocycles. The van der Waals surface area contributed by atoms with Gasteiger partial charge in [0.05, 0.1) is 26.2 Å². The van der Waals surface area contributed by atoms with Crippen LogP contribution in [0.5, 0.6) is 0 Å². The highest BCUT2D eigenvalue weighted by molar-refractivity contribution is 9.10. The van der Waals surface area contributed by atoms with Gasteiger partial charge in [0, 0.05) is 36.0 Å². The number of rotatable bonds is 6. The Kier molecular flexibility index (Phi) is 7.06. The number of benzene rings is 2. The van der Waals surface area contributed by atoms with Crippen LogP contribution >= 0.6 is 15.9 Å². The van der Waals surface area contributed by atoms with E-state index in [9.17, 15) is 9.59 Å². The summed E-state index contributed by atoms with van der Waals surface area (Å²) in [4.78, 5) is 28.3. The predicted octanol–water partition coefficient (Wildman–Crippen LogP) is 2.93. The van der Waals surface area contributed by atoms with Crippen LogP contribution in [0.15, 0.2) is 53.0 Å². The minimum absolute atomic E-state index is 0.0145. The molecule has 3 rings (SSSR count). The molecular weight excluding hydrogens is 422 g/mol. The van der Waals surface area contributed by atoms with Crippen LogP contribution in [-0.2, 0) is 20.7 Å². The summed E-state index contributed by atoms with van der Waals surface area (Å²) in [6, 6.07) is 15.3. The number of nitrogens with one attached hydrogen (secondary N) is 1. The standard InChI is InChI=1S/C21H24BrN3O3/c1-24(21(27)14-16-2-4-17(22)5-3-16)15-20(26)23-18-6-8-19(9-7-18)25-10-12-28-13-11-25/h2-9H,10-15H2,1H3,(H,23,26). The van der Waals surface area contributed by atoms with Crippen LogP contribution in [0.4, 0.5) is 11.4 Å². The third-order valence-electron chi connectivity index (χ3n) is 4.60. The number of carbonyl (C=O) groups is 2. The summed E-state index contributed by atoms with van der Waals surface area (Å²) < 4.78 is 6.33. The van der Waals surface area contributed by atoms with E-state index >= 15 is 0 Å². The highest BCUT2D eigenvalue weighted by Gasteiger charge is 2.14. The Hall–Kier alpha value is -2.38. The lowest BCUT2D eigenvalue weighted by molar-refractivity contribution is -0.132. The molecule has 0 atom stereocenters. The topological polar surface area (TPSA) is 61.9 Å². The number of likely N-dealkylation sites (N-methyl/N-ethyl adjacent to an activating group) is 1. The molecule has 1 N–H and O–H groups in total. The van der Waals surface area contributed by atoms with Gasteiger partial charge in [-0.15, -0.1) is 0 Å². The molecule has 0 bridgehead atoms. The van der Waals surface area contributed by atoms with Crippen LogP contribution in [-0.4, -0.2) is 56.6 Å². The van der Waals surface area contributed by atoms with E-state index in [4.69, 9.17) is 4.74 Å². The molecule has 1 saturated heterocycles. The van der Waals surface area contributed by atoms with Crippen molar-refractivity contribution in [1.29, 1.82) is 0 Å². The first kappa shape index (κ1) is 20.4. The van der Waals surface area contributed by atoms with E-state index in [1.807, 2.05) is 48.5 Å². The van der Waals surface area contributed by atoms with Gasteiger partial charge in [-0.3, -0.25) is 9.59 Å². The van der Waals surface area contributed by atoms with Gasteiger partial charge in [0.1, 0.15) is 0 Å². The zero-order chi connectivity index (χ0) is 19.9. The molecule has 0 radical (unpaired) electrons. The van der Waals surface area contributed by atoms with Gasteiger partial charge in [-0.1, -0.05) is 28.1 Å². The third-order valence-corrected chi connectivity index (χ3v) is 5.13. The van der Waals surface area contributed by atoms with Crippen LogP contribution in [0.25, 0.3) is 0 Å². The van der Waals surface area contributed by atoms with E-state index in [-0.39, 0.29) is 24.8 Å². The number of hydrogen-bond donors (Lipinski definition) is 1. The molecule has 0 saturated carbocycles. The Morgan fingerprint density at radius 2 is 1.71 bits per heavy atom. The quantitative estimate of drug-likeness (QED) is 0.742. The minimum atomic E-state index is -0.217. The maximum absolute atomic E-state index is 12.3. The molecule has 1 aliphatic heterocycles. The summed E-state index contributed by atoms with van der Waals surface area (Å²) in [6.45, 7) is 3.23. The van der Waals surface area contributed by atoms with Crippen molar-refractivity contribution in [3.05, 3.63) is 58.6 Å². The van der Waals surface area contributed by atoms with E-state index in [1.54, 1.807) is 7.05 Å². The SMILES string of the molecule is CN(CC(=O)Nc1ccc(N2CCOCC2)cc1)C(=O)Cc1ccc(Br)cc1. The van der Waals surface area contributed by atoms with Crippen molar-refractivity contribution in [2.45, 2.75) is 6.42 Å². The number of morpholine rings is 1. The van der Waals surface area contributed by atoms with Crippen LogP contribution in [0, 0.1) is 0 Å². The maximum atomic E-state index is 12.3. The molecule has 148 valence electrons. The number of hydrogen-bond acceptors (Lipinski definition) is 4. The predicted molar refractivity (Wildman–Crippen MR) is 114 cm³/mol. The first-order valence-electron chi connectivity index (χ1n) is 9.22. The molecule has 2 aromatic rings. The molecule has 1 heterocycles. The molecular formula is C21H24BrN3O3. The minimum Gasteiger partial charge on any atom is -0.378 e. The van der Waals surface area contributed by atoms with Crippen molar-refractivity contribution in [3.8, 4) is 0 Å². The normalized spacial score (nSPS) is 13.9. The van der Waals surface area contributed by atoms with Crippen LogP contribution in [0.2, 0.25) is 0 Å². The summed E-state index contributed by atoms with van der Waals surface area (Å²) in [6.07, 6.45) is 0.269. The lowest BCUT2D eigenvalue weighted by Crippen LogP contribution is -2.36. The lowest BCUT2D eigenvalue weighted by atomic mass is 10.1. The van der Waals surface area contributed by atoms with Gasteiger partial charge in [0.15, 0.2) is 0 Å². The molecule has 28 heavy (non-hydrogen) atoms. The van der Waals surface area contributed by atoms with Gasteiger partial charge in [0.2, 0.25) is 11.8 Å². The molecule has 7 heteroatoms. The molecule has 1 aliphatic rings. The van der Waals surface area contributed by atoms with Gasteiger partial charge in [-0.2, -0.15) is 0 Å². The van der Waals surface area contributed by atoms with E-state index in [1.165, 1.54) is 4.90 Å². The Labute approximate surface area is 173 Å². The van der Waals surface area contributed by atoms with Gasteiger partial charge < -0.3 is 19.9 Å². The van der Waals surface area contributed by atoms with Gasteiger partial charge >= 0.3 is 0 Å². The summed E-state index contributed by atoms with van der Waals surface area (Å²) >= 11 is 3.38. The first-order chi connectivity index (χ1) is 13.5. The van der Waals surface area contributed by atoms with Crippen molar-refractivity contribution in [2.75, 3.05) is 50.1 Å². The Balaban J connectivity index is 1.48. The second kappa shape index (κ2) is 9.71. The van der Waals surface area contributed by atoms with Crippen molar-refractivity contribution >= 4 is 39.1 Å². The molecule has 1 fully saturated rings. The average molecular weight is 446 g/mol. The third kappa shape index (κ3) is 5.81. The summed E-state index contributed by atoms with van der Waals surface area (Å²) in [5.41, 5.74) is 2.75. The zero-order valence-corrected chi connectivity index (χ0v) is 17.4. The largest absolute Gasteiger partial charge is 0.378 e. The highest BCUT2D eigenvalue weighted by atomic mass is 79.9. The van der Waals surface area contributed by atoms with Gasteiger partial charge in [-0.25, -0.2) is 0 Å². The van der Waals surface area contributed by atoms with E-state index in [2.05, 4.69) is 26.1 Å². The number of halogens is 1. The van der Waals surface area contributed by atoms with E-state index in [0.717, 1.165) is 47.7 Å². The van der Waals surface area contributed by atoms with Crippen LogP contribution < -0.4 is 10.2 Å². The number of anilines is 2. The maximum Gasteiger partial charge on any atom is 0.243 e. The van der Waals surface area contributed by atoms with Crippen LogP contribution in [0.1, 0.15) is 5.56 Å². The van der Waals surface area contributed by atoms with Gasteiger partial charge in [0.25, 0.3) is 0 Å². The number of nitrogens with zero attached hydrogens (tertiary/aromatic N) is 2. The smallest absolute Gasteiger partial charge is 0.243 e. The fourth-order valence-electron chi connectivity index (χ4n) is 2.99. The van der Waals surface area contributed by atoms with E-state index in [0.29, 0.717) is 0 Å². The Morgan fingerprint density at radius 3 is 2.36 bits per heavy atom. The number of carbonyl (C=O) groups excluding carboxylic acids is 2. The first-order valence-corrected chi connectivity index (χ1v) is 10.0. The number of amides is 2. The second-order valence-electron chi connectivity index (χ2n) is 6.75. The van der Waals surface area contributed by atoms with Crippen molar-refractivity contribution in [1.82, 2.24) is 4.90 Å². The monoisotopic (exact) mass is 445 g/mol. The summed E-state index contributed by atoms with van der Waals surface area (Å²) in [7, 11) is 1.64. The fourth-order valence-corrected chi connectivity index (χ4v) is 3.26. The highest BCUT2D eigenvalue weighted by Crippen LogP contribution is 2.19. The summed E-state index contributed by atoms with van der Waals surface area (Å²) in [5.74, 6) is -0.314.